The maximum Gasteiger partial charge on any atom is 0.338 e. The molecule has 0 aliphatic rings. The summed E-state index contributed by atoms with van der Waals surface area (Å²) in [6.45, 7) is 8.15. The summed E-state index contributed by atoms with van der Waals surface area (Å²) in [7, 11) is 0. The number of nitrogens with one attached hydrogen (secondary N) is 1. The van der Waals surface area contributed by atoms with Crippen molar-refractivity contribution in [2.24, 2.45) is 0 Å². The van der Waals surface area contributed by atoms with Gasteiger partial charge in [-0.2, -0.15) is 0 Å². The van der Waals surface area contributed by atoms with E-state index in [9.17, 15) is 9.90 Å². The van der Waals surface area contributed by atoms with Crippen LogP contribution in [0.5, 0.6) is 0 Å². The largest absolute Gasteiger partial charge is 0.462 e. The molecule has 2 heterocycles. The molecule has 2 aromatic heterocycles. The molecule has 0 aliphatic heterocycles. The SMILES string of the molecule is CCCCOC(=O)c1ccc(C(C)(O)c2ncc(-c3cc(C)cc(Nc4nccc(C)n4)c3)s2)c2ccccc12. The second kappa shape index (κ2) is 11.5. The summed E-state index contributed by atoms with van der Waals surface area (Å²) >= 11 is 1.43. The molecule has 0 spiro atoms. The standard InChI is InChI=1S/C32H32N4O3S/c1-5-6-15-39-29(37)26-11-12-27(25-10-8-7-9-24(25)26)32(4,38)30-34-19-28(40-30)22-16-20(2)17-23(18-22)36-31-33-14-13-21(3)35-31/h7-14,16-19,38H,5-6,15H2,1-4H3,(H,33,35,36). The first-order chi connectivity index (χ1) is 19.3. The van der Waals surface area contributed by atoms with Crippen LogP contribution in [0.1, 0.15) is 58.9 Å². The van der Waals surface area contributed by atoms with Crippen LogP contribution in [0.4, 0.5) is 11.6 Å². The van der Waals surface area contributed by atoms with Gasteiger partial charge in [-0.05, 0) is 78.9 Å². The number of unbranched alkanes of at least 4 members (excludes halogenated alkanes) is 1. The maximum atomic E-state index is 12.8. The number of aryl methyl sites for hydroxylation is 2. The molecule has 8 heteroatoms. The van der Waals surface area contributed by atoms with Crippen molar-refractivity contribution in [1.29, 1.82) is 0 Å². The summed E-state index contributed by atoms with van der Waals surface area (Å²) in [5, 5.41) is 17.2. The Morgan fingerprint density at radius 3 is 2.62 bits per heavy atom. The molecular weight excluding hydrogens is 520 g/mol. The van der Waals surface area contributed by atoms with Gasteiger partial charge in [-0.3, -0.25) is 0 Å². The van der Waals surface area contributed by atoms with Gasteiger partial charge in [0.05, 0.1) is 17.0 Å². The van der Waals surface area contributed by atoms with Gasteiger partial charge >= 0.3 is 5.97 Å². The second-order valence-corrected chi connectivity index (χ2v) is 11.1. The monoisotopic (exact) mass is 552 g/mol. The van der Waals surface area contributed by atoms with Gasteiger partial charge in [-0.1, -0.05) is 49.7 Å². The first kappa shape index (κ1) is 27.4. The van der Waals surface area contributed by atoms with Crippen molar-refractivity contribution in [3.63, 3.8) is 0 Å². The highest BCUT2D eigenvalue weighted by atomic mass is 32.1. The molecule has 5 rings (SSSR count). The summed E-state index contributed by atoms with van der Waals surface area (Å²) in [4.78, 5) is 27.1. The van der Waals surface area contributed by atoms with E-state index in [1.165, 1.54) is 11.3 Å². The average Bonchev–Trinajstić information content (AvgIpc) is 3.44. The van der Waals surface area contributed by atoms with Crippen molar-refractivity contribution < 1.29 is 14.6 Å². The normalized spacial score (nSPS) is 12.7. The Hall–Kier alpha value is -4.14. The highest BCUT2D eigenvalue weighted by molar-refractivity contribution is 7.15. The third kappa shape index (κ3) is 5.73. The number of nitrogens with zero attached hydrogens (tertiary/aromatic N) is 3. The van der Waals surface area contributed by atoms with Gasteiger partial charge in [-0.15, -0.1) is 11.3 Å². The van der Waals surface area contributed by atoms with Crippen LogP contribution in [0.2, 0.25) is 0 Å². The molecule has 2 N–H and O–H groups in total. The molecule has 0 amide bonds. The van der Waals surface area contributed by atoms with E-state index in [-0.39, 0.29) is 5.97 Å². The van der Waals surface area contributed by atoms with E-state index in [1.807, 2.05) is 56.3 Å². The van der Waals surface area contributed by atoms with E-state index < -0.39 is 5.60 Å². The Kier molecular flexibility index (Phi) is 7.91. The fraction of sp³-hybridized carbons (Fsp3) is 0.250. The van der Waals surface area contributed by atoms with E-state index in [0.717, 1.165) is 51.0 Å². The Labute approximate surface area is 237 Å². The molecule has 7 nitrogen and oxygen atoms in total. The predicted molar refractivity (Wildman–Crippen MR) is 160 cm³/mol. The van der Waals surface area contributed by atoms with Crippen LogP contribution >= 0.6 is 11.3 Å². The maximum absolute atomic E-state index is 12.8. The lowest BCUT2D eigenvalue weighted by atomic mass is 9.89. The lowest BCUT2D eigenvalue weighted by Gasteiger charge is -2.24. The van der Waals surface area contributed by atoms with Crippen molar-refractivity contribution in [2.75, 3.05) is 11.9 Å². The summed E-state index contributed by atoms with van der Waals surface area (Å²) in [5.41, 5.74) is 3.59. The van der Waals surface area contributed by atoms with Crippen molar-refractivity contribution in [3.8, 4) is 10.4 Å². The van der Waals surface area contributed by atoms with Crippen LogP contribution in [-0.2, 0) is 10.3 Å². The van der Waals surface area contributed by atoms with Crippen LogP contribution in [-0.4, -0.2) is 32.6 Å². The van der Waals surface area contributed by atoms with Gasteiger partial charge in [-0.25, -0.2) is 19.7 Å². The Morgan fingerprint density at radius 2 is 1.85 bits per heavy atom. The minimum Gasteiger partial charge on any atom is -0.462 e. The number of thiazole rings is 1. The number of carbonyl (C=O) groups is 1. The molecule has 0 aliphatic carbocycles. The first-order valence-electron chi connectivity index (χ1n) is 13.3. The molecule has 0 radical (unpaired) electrons. The van der Waals surface area contributed by atoms with Crippen molar-refractivity contribution in [1.82, 2.24) is 15.0 Å². The number of aliphatic hydroxyl groups is 1. The van der Waals surface area contributed by atoms with Gasteiger partial charge < -0.3 is 15.2 Å². The van der Waals surface area contributed by atoms with Gasteiger partial charge in [0.15, 0.2) is 0 Å². The minimum absolute atomic E-state index is 0.354. The smallest absolute Gasteiger partial charge is 0.338 e. The molecule has 0 saturated heterocycles. The zero-order chi connectivity index (χ0) is 28.3. The van der Waals surface area contributed by atoms with Crippen molar-refractivity contribution in [2.45, 2.75) is 46.1 Å². The van der Waals surface area contributed by atoms with Crippen LogP contribution in [0.25, 0.3) is 21.2 Å². The predicted octanol–water partition coefficient (Wildman–Crippen LogP) is 7.33. The van der Waals surface area contributed by atoms with Crippen LogP contribution in [0.3, 0.4) is 0 Å². The fourth-order valence-electron chi connectivity index (χ4n) is 4.67. The molecule has 204 valence electrons. The van der Waals surface area contributed by atoms with Crippen molar-refractivity contribution >= 4 is 39.7 Å². The number of hydrogen-bond donors (Lipinski definition) is 2. The molecule has 1 unspecified atom stereocenters. The zero-order valence-electron chi connectivity index (χ0n) is 23.1. The minimum atomic E-state index is -1.38. The Morgan fingerprint density at radius 1 is 1.05 bits per heavy atom. The second-order valence-electron chi connectivity index (χ2n) is 10.0. The van der Waals surface area contributed by atoms with Crippen LogP contribution < -0.4 is 5.32 Å². The Balaban J connectivity index is 1.47. The number of benzene rings is 3. The quantitative estimate of drug-likeness (QED) is 0.146. The highest BCUT2D eigenvalue weighted by Crippen LogP contribution is 2.40. The molecule has 0 saturated carbocycles. The van der Waals surface area contributed by atoms with Gasteiger partial charge in [0, 0.05) is 23.8 Å². The van der Waals surface area contributed by atoms with Gasteiger partial charge in [0.1, 0.15) is 10.6 Å². The van der Waals surface area contributed by atoms with E-state index >= 15 is 0 Å². The van der Waals surface area contributed by atoms with E-state index in [0.29, 0.717) is 28.7 Å². The number of fused-ring (bicyclic) bond motifs is 1. The molecular formula is C32H32N4O3S. The van der Waals surface area contributed by atoms with Gasteiger partial charge in [0.25, 0.3) is 0 Å². The van der Waals surface area contributed by atoms with Crippen molar-refractivity contribution in [3.05, 3.63) is 100 Å². The number of aromatic nitrogens is 3. The summed E-state index contributed by atoms with van der Waals surface area (Å²) < 4.78 is 5.48. The molecule has 3 aromatic carbocycles. The molecule has 0 fully saturated rings. The highest BCUT2D eigenvalue weighted by Gasteiger charge is 2.32. The number of carbonyl (C=O) groups excluding carboxylic acids is 1. The lowest BCUT2D eigenvalue weighted by Crippen LogP contribution is -2.23. The summed E-state index contributed by atoms with van der Waals surface area (Å²) in [6, 6.07) is 19.1. The fourth-order valence-corrected chi connectivity index (χ4v) is 5.64. The number of ether oxygens (including phenoxy) is 1. The topological polar surface area (TPSA) is 97.2 Å². The molecule has 1 atom stereocenters. The number of hydrogen-bond acceptors (Lipinski definition) is 8. The lowest BCUT2D eigenvalue weighted by molar-refractivity contribution is 0.0501. The van der Waals surface area contributed by atoms with Gasteiger partial charge in [0.2, 0.25) is 5.95 Å². The number of rotatable bonds is 9. The van der Waals surface area contributed by atoms with Crippen LogP contribution in [0.15, 0.2) is 73.1 Å². The molecule has 5 aromatic rings. The zero-order valence-corrected chi connectivity index (χ0v) is 23.9. The van der Waals surface area contributed by atoms with E-state index in [1.54, 1.807) is 31.5 Å². The Bertz CT molecular complexity index is 1680. The third-order valence-corrected chi connectivity index (χ3v) is 7.99. The molecule has 40 heavy (non-hydrogen) atoms. The third-order valence-electron chi connectivity index (χ3n) is 6.73. The summed E-state index contributed by atoms with van der Waals surface area (Å²) in [5.74, 6) is 0.182. The van der Waals surface area contributed by atoms with E-state index in [4.69, 9.17) is 4.74 Å². The number of esters is 1. The average molecular weight is 553 g/mol. The van der Waals surface area contributed by atoms with E-state index in [2.05, 4.69) is 33.3 Å². The summed E-state index contributed by atoms with van der Waals surface area (Å²) in [6.07, 6.45) is 5.29. The van der Waals surface area contributed by atoms with Crippen LogP contribution in [0, 0.1) is 13.8 Å². The number of anilines is 2. The first-order valence-corrected chi connectivity index (χ1v) is 14.1. The molecule has 0 bridgehead atoms.